The lowest BCUT2D eigenvalue weighted by Gasteiger charge is -2.05. The van der Waals surface area contributed by atoms with Crippen molar-refractivity contribution in [2.24, 2.45) is 0 Å². The minimum atomic E-state index is -0.383. The molecule has 3 aromatic rings. The molecule has 0 saturated carbocycles. The van der Waals surface area contributed by atoms with Crippen LogP contribution in [0.25, 0.3) is 16.6 Å². The molecule has 0 saturated heterocycles. The van der Waals surface area contributed by atoms with E-state index in [0.717, 1.165) is 16.6 Å². The number of halogens is 1. The second-order valence-corrected chi connectivity index (χ2v) is 5.00. The number of fused-ring (bicyclic) bond motifs is 1. The molecule has 1 heterocycles. The number of benzene rings is 2. The van der Waals surface area contributed by atoms with Crippen molar-refractivity contribution in [3.63, 3.8) is 0 Å². The fraction of sp³-hybridized carbons (Fsp3) is 0. The number of aromatic nitrogens is 1. The summed E-state index contributed by atoms with van der Waals surface area (Å²) in [7, 11) is 0. The Morgan fingerprint density at radius 2 is 1.84 bits per heavy atom. The van der Waals surface area contributed by atoms with Crippen LogP contribution >= 0.6 is 15.9 Å². The SMILES string of the molecule is O=[N+]([O-])c1cc2c(ccn2-c2ccccc2)cc1Br. The lowest BCUT2D eigenvalue weighted by molar-refractivity contribution is -0.385. The van der Waals surface area contributed by atoms with Crippen molar-refractivity contribution in [2.75, 3.05) is 0 Å². The first kappa shape index (κ1) is 11.9. The van der Waals surface area contributed by atoms with Crippen molar-refractivity contribution >= 4 is 32.5 Å². The summed E-state index contributed by atoms with van der Waals surface area (Å²) in [4.78, 5) is 10.6. The molecule has 4 nitrogen and oxygen atoms in total. The molecule has 0 aliphatic heterocycles. The topological polar surface area (TPSA) is 48.1 Å². The summed E-state index contributed by atoms with van der Waals surface area (Å²) in [6.07, 6.45) is 1.91. The van der Waals surface area contributed by atoms with Crippen molar-refractivity contribution in [3.05, 3.63) is 69.3 Å². The second-order valence-electron chi connectivity index (χ2n) is 4.14. The lowest BCUT2D eigenvalue weighted by atomic mass is 10.2. The van der Waals surface area contributed by atoms with Crippen LogP contribution in [0, 0.1) is 10.1 Å². The molecule has 0 aliphatic rings. The van der Waals surface area contributed by atoms with Crippen LogP contribution < -0.4 is 0 Å². The summed E-state index contributed by atoms with van der Waals surface area (Å²) in [5, 5.41) is 12.0. The smallest absolute Gasteiger partial charge is 0.285 e. The van der Waals surface area contributed by atoms with E-state index in [4.69, 9.17) is 0 Å². The Morgan fingerprint density at radius 3 is 2.53 bits per heavy atom. The van der Waals surface area contributed by atoms with Gasteiger partial charge in [-0.25, -0.2) is 0 Å². The van der Waals surface area contributed by atoms with E-state index >= 15 is 0 Å². The van der Waals surface area contributed by atoms with E-state index in [9.17, 15) is 10.1 Å². The number of hydrogen-bond donors (Lipinski definition) is 0. The van der Waals surface area contributed by atoms with E-state index in [1.54, 1.807) is 12.1 Å². The van der Waals surface area contributed by atoms with Gasteiger partial charge >= 0.3 is 0 Å². The predicted octanol–water partition coefficient (Wildman–Crippen LogP) is 4.30. The molecular weight excluding hydrogens is 308 g/mol. The standard InChI is InChI=1S/C14H9BrN2O2/c15-12-8-10-6-7-16(11-4-2-1-3-5-11)13(10)9-14(12)17(18)19/h1-9H. The van der Waals surface area contributed by atoms with Crippen LogP contribution in [-0.2, 0) is 0 Å². The summed E-state index contributed by atoms with van der Waals surface area (Å²) in [6, 6.07) is 15.0. The van der Waals surface area contributed by atoms with E-state index in [-0.39, 0.29) is 10.6 Å². The highest BCUT2D eigenvalue weighted by atomic mass is 79.9. The molecule has 0 fully saturated rings. The molecule has 0 bridgehead atoms. The summed E-state index contributed by atoms with van der Waals surface area (Å²) in [5.41, 5.74) is 1.87. The van der Waals surface area contributed by atoms with Gasteiger partial charge in [0.25, 0.3) is 5.69 Å². The molecule has 1 aromatic heterocycles. The molecule has 0 amide bonds. The largest absolute Gasteiger partial charge is 0.316 e. The van der Waals surface area contributed by atoms with Crippen molar-refractivity contribution in [1.82, 2.24) is 4.57 Å². The lowest BCUT2D eigenvalue weighted by Crippen LogP contribution is -1.93. The number of nitro benzene ring substituents is 1. The molecule has 0 unspecified atom stereocenters. The summed E-state index contributed by atoms with van der Waals surface area (Å²) in [5.74, 6) is 0. The average molecular weight is 317 g/mol. The van der Waals surface area contributed by atoms with Gasteiger partial charge < -0.3 is 4.57 Å². The van der Waals surface area contributed by atoms with E-state index in [1.165, 1.54) is 0 Å². The van der Waals surface area contributed by atoms with Gasteiger partial charge in [-0.2, -0.15) is 0 Å². The van der Waals surface area contributed by atoms with Crippen molar-refractivity contribution in [2.45, 2.75) is 0 Å². The van der Waals surface area contributed by atoms with Crippen LogP contribution in [0.3, 0.4) is 0 Å². The Bertz CT molecular complexity index is 766. The molecule has 3 rings (SSSR count). The van der Waals surface area contributed by atoms with Crippen LogP contribution in [0.15, 0.2) is 59.2 Å². The number of rotatable bonds is 2. The maximum absolute atomic E-state index is 11.0. The zero-order valence-electron chi connectivity index (χ0n) is 9.79. The first-order valence-electron chi connectivity index (χ1n) is 5.67. The molecule has 0 aliphatic carbocycles. The minimum absolute atomic E-state index is 0.0726. The maximum Gasteiger partial charge on any atom is 0.285 e. The molecule has 5 heteroatoms. The third-order valence-electron chi connectivity index (χ3n) is 2.99. The van der Waals surface area contributed by atoms with Crippen molar-refractivity contribution in [1.29, 1.82) is 0 Å². The highest BCUT2D eigenvalue weighted by Crippen LogP contribution is 2.31. The number of nitro groups is 1. The summed E-state index contributed by atoms with van der Waals surface area (Å²) < 4.78 is 2.44. The van der Waals surface area contributed by atoms with Gasteiger partial charge in [0.15, 0.2) is 0 Å². The quantitative estimate of drug-likeness (QED) is 0.522. The van der Waals surface area contributed by atoms with Crippen LogP contribution in [0.4, 0.5) is 5.69 Å². The van der Waals surface area contributed by atoms with E-state index in [2.05, 4.69) is 15.9 Å². The fourth-order valence-electron chi connectivity index (χ4n) is 2.10. The van der Waals surface area contributed by atoms with Crippen molar-refractivity contribution in [3.8, 4) is 5.69 Å². The fourth-order valence-corrected chi connectivity index (χ4v) is 2.60. The second kappa shape index (κ2) is 4.51. The Balaban J connectivity index is 2.28. The van der Waals surface area contributed by atoms with Crippen LogP contribution in [-0.4, -0.2) is 9.49 Å². The van der Waals surface area contributed by atoms with E-state index in [0.29, 0.717) is 4.47 Å². The van der Waals surface area contributed by atoms with Gasteiger partial charge in [0.2, 0.25) is 0 Å². The first-order valence-corrected chi connectivity index (χ1v) is 6.46. The molecule has 0 radical (unpaired) electrons. The normalized spacial score (nSPS) is 10.8. The van der Waals surface area contributed by atoms with Crippen LogP contribution in [0.5, 0.6) is 0 Å². The molecule has 2 aromatic carbocycles. The van der Waals surface area contributed by atoms with Gasteiger partial charge in [-0.1, -0.05) is 18.2 Å². The monoisotopic (exact) mass is 316 g/mol. The molecule has 0 N–H and O–H groups in total. The van der Waals surface area contributed by atoms with Gasteiger partial charge in [0, 0.05) is 23.3 Å². The number of hydrogen-bond acceptors (Lipinski definition) is 2. The maximum atomic E-state index is 11.0. The Kier molecular flexibility index (Phi) is 2.83. The Labute approximate surface area is 117 Å². The summed E-state index contributed by atoms with van der Waals surface area (Å²) in [6.45, 7) is 0. The van der Waals surface area contributed by atoms with Crippen molar-refractivity contribution < 1.29 is 4.92 Å². The highest BCUT2D eigenvalue weighted by molar-refractivity contribution is 9.10. The van der Waals surface area contributed by atoms with Gasteiger partial charge in [0.05, 0.1) is 14.9 Å². The average Bonchev–Trinajstić information content (AvgIpc) is 2.81. The Morgan fingerprint density at radius 1 is 1.11 bits per heavy atom. The number of para-hydroxylation sites is 1. The third kappa shape index (κ3) is 2.02. The zero-order valence-corrected chi connectivity index (χ0v) is 11.4. The molecule has 0 spiro atoms. The van der Waals surface area contributed by atoms with Gasteiger partial charge in [0.1, 0.15) is 0 Å². The number of nitrogens with zero attached hydrogens (tertiary/aromatic N) is 2. The Hall–Kier alpha value is -2.14. The van der Waals surface area contributed by atoms with Gasteiger partial charge in [-0.15, -0.1) is 0 Å². The molecule has 94 valence electrons. The first-order chi connectivity index (χ1) is 9.16. The van der Waals surface area contributed by atoms with Gasteiger partial charge in [-0.05, 0) is 40.2 Å². The van der Waals surface area contributed by atoms with Crippen LogP contribution in [0.2, 0.25) is 0 Å². The van der Waals surface area contributed by atoms with Gasteiger partial charge in [-0.3, -0.25) is 10.1 Å². The third-order valence-corrected chi connectivity index (χ3v) is 3.63. The van der Waals surface area contributed by atoms with E-state index < -0.39 is 0 Å². The zero-order chi connectivity index (χ0) is 13.4. The molecule has 19 heavy (non-hydrogen) atoms. The van der Waals surface area contributed by atoms with Crippen LogP contribution in [0.1, 0.15) is 0 Å². The summed E-state index contributed by atoms with van der Waals surface area (Å²) >= 11 is 3.23. The van der Waals surface area contributed by atoms with E-state index in [1.807, 2.05) is 47.2 Å². The molecular formula is C14H9BrN2O2. The predicted molar refractivity (Wildman–Crippen MR) is 77.6 cm³/mol. The highest BCUT2D eigenvalue weighted by Gasteiger charge is 2.15. The minimum Gasteiger partial charge on any atom is -0.316 e. The molecule has 0 atom stereocenters.